The molecular weight excluding hydrogens is 287 g/mol. The summed E-state index contributed by atoms with van der Waals surface area (Å²) in [5.41, 5.74) is 5.48. The van der Waals surface area contributed by atoms with Gasteiger partial charge in [-0.2, -0.15) is 0 Å². The summed E-state index contributed by atoms with van der Waals surface area (Å²) >= 11 is 0. The van der Waals surface area contributed by atoms with Crippen molar-refractivity contribution in [2.24, 2.45) is 0 Å². The Hall–Kier alpha value is -1.22. The van der Waals surface area contributed by atoms with E-state index < -0.39 is 15.8 Å². The zero-order valence-electron chi connectivity index (χ0n) is 11.5. The van der Waals surface area contributed by atoms with Crippen LogP contribution in [0.2, 0.25) is 0 Å². The number of halogens is 1. The van der Waals surface area contributed by atoms with Crippen LogP contribution >= 0.6 is 0 Å². The lowest BCUT2D eigenvalue weighted by molar-refractivity contribution is 0.0736. The van der Waals surface area contributed by atoms with Crippen molar-refractivity contribution < 1.29 is 22.3 Å². The van der Waals surface area contributed by atoms with Crippen LogP contribution in [0, 0.1) is 12.7 Å². The zero-order valence-corrected chi connectivity index (χ0v) is 12.3. The predicted molar refractivity (Wildman–Crippen MR) is 73.4 cm³/mol. The predicted octanol–water partition coefficient (Wildman–Crippen LogP) is 0.658. The van der Waals surface area contributed by atoms with Crippen LogP contribution in [0.3, 0.4) is 0 Å². The van der Waals surface area contributed by atoms with Gasteiger partial charge in [0.05, 0.1) is 30.4 Å². The molecular formula is C12H19FN2O4S. The average Bonchev–Trinajstić information content (AvgIpc) is 2.37. The van der Waals surface area contributed by atoms with Crippen LogP contribution in [-0.2, 0) is 19.5 Å². The number of aryl methyl sites for hydroxylation is 1. The zero-order chi connectivity index (χ0) is 15.2. The molecule has 0 unspecified atom stereocenters. The first-order valence-electron chi connectivity index (χ1n) is 6.00. The highest BCUT2D eigenvalue weighted by Crippen LogP contribution is 2.21. The van der Waals surface area contributed by atoms with Crippen molar-refractivity contribution in [1.82, 2.24) is 4.72 Å². The molecule has 0 radical (unpaired) electrons. The van der Waals surface area contributed by atoms with Gasteiger partial charge in [0.1, 0.15) is 5.82 Å². The lowest BCUT2D eigenvalue weighted by Gasteiger charge is -2.11. The number of hydrogen-bond acceptors (Lipinski definition) is 5. The van der Waals surface area contributed by atoms with E-state index in [4.69, 9.17) is 15.2 Å². The summed E-state index contributed by atoms with van der Waals surface area (Å²) in [6.07, 6.45) is 0. The maximum absolute atomic E-state index is 13.2. The van der Waals surface area contributed by atoms with Crippen LogP contribution in [0.1, 0.15) is 5.56 Å². The third-order valence-electron chi connectivity index (χ3n) is 2.55. The number of rotatable bonds is 8. The van der Waals surface area contributed by atoms with Crippen molar-refractivity contribution in [2.45, 2.75) is 11.8 Å². The van der Waals surface area contributed by atoms with E-state index in [9.17, 15) is 12.8 Å². The monoisotopic (exact) mass is 306 g/mol. The van der Waals surface area contributed by atoms with Crippen molar-refractivity contribution >= 4 is 15.7 Å². The third kappa shape index (κ3) is 4.71. The first-order chi connectivity index (χ1) is 9.38. The summed E-state index contributed by atoms with van der Waals surface area (Å²) in [4.78, 5) is -0.0340. The summed E-state index contributed by atoms with van der Waals surface area (Å²) in [7, 11) is -2.18. The number of hydrogen-bond donors (Lipinski definition) is 2. The van der Waals surface area contributed by atoms with E-state index in [1.54, 1.807) is 7.11 Å². The van der Waals surface area contributed by atoms with Crippen molar-refractivity contribution in [2.75, 3.05) is 39.2 Å². The van der Waals surface area contributed by atoms with Gasteiger partial charge in [-0.1, -0.05) is 0 Å². The Balaban J connectivity index is 2.63. The summed E-state index contributed by atoms with van der Waals surface area (Å²) in [5, 5.41) is 0. The first kappa shape index (κ1) is 16.8. The second kappa shape index (κ2) is 7.53. The molecule has 1 aromatic carbocycles. The standard InChI is InChI=1S/C12H19FN2O4S/c1-9-7-10(13)11(14)8-12(9)20(16,17)15-3-4-19-6-5-18-2/h7-8,15H,3-6,14H2,1-2H3. The maximum atomic E-state index is 13.2. The lowest BCUT2D eigenvalue weighted by atomic mass is 10.2. The molecule has 0 aromatic heterocycles. The van der Waals surface area contributed by atoms with Crippen LogP contribution < -0.4 is 10.5 Å². The molecule has 8 heteroatoms. The van der Waals surface area contributed by atoms with E-state index >= 15 is 0 Å². The summed E-state index contributed by atoms with van der Waals surface area (Å²) in [5.74, 6) is -0.635. The highest BCUT2D eigenvalue weighted by Gasteiger charge is 2.18. The normalized spacial score (nSPS) is 11.8. The van der Waals surface area contributed by atoms with Crippen LogP contribution in [0.5, 0.6) is 0 Å². The number of sulfonamides is 1. The minimum Gasteiger partial charge on any atom is -0.396 e. The van der Waals surface area contributed by atoms with Crippen LogP contribution in [-0.4, -0.2) is 41.9 Å². The highest BCUT2D eigenvalue weighted by molar-refractivity contribution is 7.89. The lowest BCUT2D eigenvalue weighted by Crippen LogP contribution is -2.28. The Labute approximate surface area is 118 Å². The molecule has 0 saturated carbocycles. The summed E-state index contributed by atoms with van der Waals surface area (Å²) < 4.78 is 49.6. The van der Waals surface area contributed by atoms with E-state index in [2.05, 4.69) is 4.72 Å². The Morgan fingerprint density at radius 3 is 2.65 bits per heavy atom. The number of nitrogens with one attached hydrogen (secondary N) is 1. The molecule has 0 amide bonds. The second-order valence-electron chi connectivity index (χ2n) is 4.14. The Bertz CT molecular complexity index is 549. The van der Waals surface area contributed by atoms with E-state index in [0.29, 0.717) is 18.8 Å². The van der Waals surface area contributed by atoms with Crippen LogP contribution in [0.25, 0.3) is 0 Å². The number of methoxy groups -OCH3 is 1. The number of nitrogen functional groups attached to an aromatic ring is 1. The van der Waals surface area contributed by atoms with Gasteiger partial charge in [-0.15, -0.1) is 0 Å². The fourth-order valence-electron chi connectivity index (χ4n) is 1.53. The van der Waals surface area contributed by atoms with Gasteiger partial charge in [-0.25, -0.2) is 17.5 Å². The number of ether oxygens (including phenoxy) is 2. The van der Waals surface area contributed by atoms with Crippen LogP contribution in [0.15, 0.2) is 17.0 Å². The quantitative estimate of drug-likeness (QED) is 0.544. The van der Waals surface area contributed by atoms with Crippen LogP contribution in [0.4, 0.5) is 10.1 Å². The van der Waals surface area contributed by atoms with Gasteiger partial charge in [-0.3, -0.25) is 0 Å². The van der Waals surface area contributed by atoms with Crippen molar-refractivity contribution in [3.05, 3.63) is 23.5 Å². The Morgan fingerprint density at radius 2 is 2.00 bits per heavy atom. The van der Waals surface area contributed by atoms with E-state index in [1.165, 1.54) is 6.92 Å². The Morgan fingerprint density at radius 1 is 1.30 bits per heavy atom. The van der Waals surface area contributed by atoms with E-state index in [-0.39, 0.29) is 23.7 Å². The highest BCUT2D eigenvalue weighted by atomic mass is 32.2. The molecule has 114 valence electrons. The minimum absolute atomic E-state index is 0.0340. The summed E-state index contributed by atoms with van der Waals surface area (Å²) in [6, 6.07) is 2.21. The minimum atomic E-state index is -3.73. The molecule has 0 fully saturated rings. The van der Waals surface area contributed by atoms with Gasteiger partial charge in [0, 0.05) is 13.7 Å². The van der Waals surface area contributed by atoms with E-state index in [0.717, 1.165) is 12.1 Å². The number of nitrogens with two attached hydrogens (primary N) is 1. The fourth-order valence-corrected chi connectivity index (χ4v) is 2.80. The van der Waals surface area contributed by atoms with Crippen molar-refractivity contribution in [1.29, 1.82) is 0 Å². The molecule has 0 aliphatic carbocycles. The van der Waals surface area contributed by atoms with Crippen molar-refractivity contribution in [3.63, 3.8) is 0 Å². The molecule has 3 N–H and O–H groups in total. The molecule has 20 heavy (non-hydrogen) atoms. The Kier molecular flexibility index (Phi) is 6.34. The molecule has 0 atom stereocenters. The first-order valence-corrected chi connectivity index (χ1v) is 7.48. The molecule has 0 spiro atoms. The van der Waals surface area contributed by atoms with Gasteiger partial charge in [0.15, 0.2) is 0 Å². The van der Waals surface area contributed by atoms with Gasteiger partial charge in [0.2, 0.25) is 10.0 Å². The largest absolute Gasteiger partial charge is 0.396 e. The average molecular weight is 306 g/mol. The molecule has 1 aromatic rings. The third-order valence-corrected chi connectivity index (χ3v) is 4.16. The molecule has 0 heterocycles. The van der Waals surface area contributed by atoms with Gasteiger partial charge in [-0.05, 0) is 24.6 Å². The summed E-state index contributed by atoms with van der Waals surface area (Å²) in [6.45, 7) is 2.67. The maximum Gasteiger partial charge on any atom is 0.240 e. The molecule has 0 bridgehead atoms. The number of benzene rings is 1. The SMILES string of the molecule is COCCOCCNS(=O)(=O)c1cc(N)c(F)cc1C. The molecule has 0 aliphatic heterocycles. The van der Waals surface area contributed by atoms with Crippen molar-refractivity contribution in [3.8, 4) is 0 Å². The van der Waals surface area contributed by atoms with E-state index in [1.807, 2.05) is 0 Å². The molecule has 0 saturated heterocycles. The van der Waals surface area contributed by atoms with Gasteiger partial charge < -0.3 is 15.2 Å². The number of anilines is 1. The smallest absolute Gasteiger partial charge is 0.240 e. The molecule has 1 rings (SSSR count). The topological polar surface area (TPSA) is 90.6 Å². The fraction of sp³-hybridized carbons (Fsp3) is 0.500. The second-order valence-corrected chi connectivity index (χ2v) is 5.88. The van der Waals surface area contributed by atoms with Gasteiger partial charge >= 0.3 is 0 Å². The van der Waals surface area contributed by atoms with Gasteiger partial charge in [0.25, 0.3) is 0 Å². The molecule has 6 nitrogen and oxygen atoms in total. The molecule has 0 aliphatic rings.